The largest absolute Gasteiger partial charge is 0.0616 e. The number of benzene rings is 14. The fourth-order valence-corrected chi connectivity index (χ4v) is 12.0. The molecule has 14 aromatic rings. The van der Waals surface area contributed by atoms with Crippen LogP contribution >= 0.6 is 0 Å². The Kier molecular flexibility index (Phi) is 9.13. The fourth-order valence-electron chi connectivity index (χ4n) is 12.0. The Labute approximate surface area is 407 Å². The lowest BCUT2D eigenvalue weighted by molar-refractivity contribution is 1.51. The molecule has 0 saturated carbocycles. The Morgan fingerprint density at radius 1 is 0.186 bits per heavy atom. The van der Waals surface area contributed by atoms with Crippen LogP contribution in [0.1, 0.15) is 11.1 Å². The van der Waals surface area contributed by atoms with E-state index in [0.717, 1.165) is 0 Å². The molecule has 0 atom stereocenters. The van der Waals surface area contributed by atoms with Crippen molar-refractivity contribution in [2.75, 3.05) is 0 Å². The van der Waals surface area contributed by atoms with Gasteiger partial charge in [-0.05, 0) is 168 Å². The first-order valence-electron chi connectivity index (χ1n) is 24.5. The number of hydrogen-bond donors (Lipinski definition) is 0. The van der Waals surface area contributed by atoms with E-state index < -0.39 is 0 Å². The summed E-state index contributed by atoms with van der Waals surface area (Å²) < 4.78 is 0. The molecule has 326 valence electrons. The summed E-state index contributed by atoms with van der Waals surface area (Å²) in [6.07, 6.45) is 0. The van der Waals surface area contributed by atoms with Crippen LogP contribution in [0.2, 0.25) is 0 Å². The molecule has 0 amide bonds. The zero-order valence-electron chi connectivity index (χ0n) is 39.1. The van der Waals surface area contributed by atoms with Gasteiger partial charge in [-0.15, -0.1) is 0 Å². The smallest absolute Gasteiger partial charge is 0.00201 e. The van der Waals surface area contributed by atoms with E-state index >= 15 is 0 Å². The molecule has 0 unspecified atom stereocenters. The molecule has 0 fully saturated rings. The predicted molar refractivity (Wildman–Crippen MR) is 303 cm³/mol. The summed E-state index contributed by atoms with van der Waals surface area (Å²) in [6.45, 7) is 4.33. The third-order valence-corrected chi connectivity index (χ3v) is 15.1. The van der Waals surface area contributed by atoms with Crippen LogP contribution < -0.4 is 0 Å². The highest BCUT2D eigenvalue weighted by atomic mass is 14.3. The highest BCUT2D eigenvalue weighted by Crippen LogP contribution is 2.50. The van der Waals surface area contributed by atoms with E-state index in [-0.39, 0.29) is 0 Å². The Morgan fingerprint density at radius 2 is 0.429 bits per heavy atom. The fraction of sp³-hybridized carbons (Fsp3) is 0.0286. The van der Waals surface area contributed by atoms with Gasteiger partial charge >= 0.3 is 0 Å². The van der Waals surface area contributed by atoms with Gasteiger partial charge in [-0.25, -0.2) is 0 Å². The molecule has 0 radical (unpaired) electrons. The zero-order valence-corrected chi connectivity index (χ0v) is 39.1. The van der Waals surface area contributed by atoms with Crippen molar-refractivity contribution in [1.82, 2.24) is 0 Å². The van der Waals surface area contributed by atoms with E-state index in [9.17, 15) is 0 Å². The molecule has 14 aromatic carbocycles. The maximum atomic E-state index is 2.39. The van der Waals surface area contributed by atoms with E-state index in [1.54, 1.807) is 0 Å². The van der Waals surface area contributed by atoms with Crippen LogP contribution in [0.5, 0.6) is 0 Å². The lowest BCUT2D eigenvalue weighted by Gasteiger charge is -2.21. The van der Waals surface area contributed by atoms with Crippen molar-refractivity contribution in [3.05, 3.63) is 254 Å². The van der Waals surface area contributed by atoms with Gasteiger partial charge in [0.25, 0.3) is 0 Å². The van der Waals surface area contributed by atoms with Crippen molar-refractivity contribution in [2.24, 2.45) is 0 Å². The molecular formula is C70H46. The minimum Gasteiger partial charge on any atom is -0.0616 e. The van der Waals surface area contributed by atoms with E-state index in [1.165, 1.54) is 153 Å². The molecular weight excluding hydrogens is 841 g/mol. The van der Waals surface area contributed by atoms with Crippen molar-refractivity contribution in [3.63, 3.8) is 0 Å². The number of fused-ring (bicyclic) bond motifs is 8. The van der Waals surface area contributed by atoms with Crippen LogP contribution in [0.15, 0.2) is 243 Å². The van der Waals surface area contributed by atoms with Crippen molar-refractivity contribution < 1.29 is 0 Å². The summed E-state index contributed by atoms with van der Waals surface area (Å²) >= 11 is 0. The SMILES string of the molecule is Cc1ccc2cc(-c3c4ccccc4c(-c4ccc(-c5ccc(-c6c7ccccc7c(-c7ccc8cc(C)ccc8c7)c7ccccc67)c6ccccc56)c5ccccc45)c4ccccc34)ccc2c1. The first kappa shape index (κ1) is 40.2. The van der Waals surface area contributed by atoms with Gasteiger partial charge in [-0.2, -0.15) is 0 Å². The Balaban J connectivity index is 0.966. The third-order valence-electron chi connectivity index (χ3n) is 15.1. The third kappa shape index (κ3) is 6.23. The molecule has 0 aliphatic carbocycles. The second kappa shape index (κ2) is 15.9. The average Bonchev–Trinajstić information content (AvgIpc) is 3.41. The molecule has 0 nitrogen and oxygen atoms in total. The summed E-state index contributed by atoms with van der Waals surface area (Å²) in [6, 6.07) is 91.1. The number of hydrogen-bond acceptors (Lipinski definition) is 0. The van der Waals surface area contributed by atoms with Gasteiger partial charge in [0.2, 0.25) is 0 Å². The van der Waals surface area contributed by atoms with Gasteiger partial charge in [0.15, 0.2) is 0 Å². The minimum absolute atomic E-state index is 1.23. The standard InChI is InChI=1S/C70H46/c1-43-27-29-47-41-49(33-31-45(47)39-43)67-57-19-7-11-23-61(57)69(62-24-12-8-20-58(62)67)65-37-35-55(51-15-3-5-17-53(51)65)56-36-38-66(54-18-6-4-16-52(54)56)70-63-25-13-9-21-59(63)68(60-22-10-14-26-64(60)70)50-34-32-46-40-44(2)28-30-48(46)42-50/h3-42H,1-2H3. The van der Waals surface area contributed by atoms with Crippen LogP contribution in [0, 0.1) is 13.8 Å². The van der Waals surface area contributed by atoms with Crippen LogP contribution in [0.3, 0.4) is 0 Å². The van der Waals surface area contributed by atoms with Gasteiger partial charge < -0.3 is 0 Å². The molecule has 0 aromatic heterocycles. The molecule has 0 aliphatic heterocycles. The first-order valence-corrected chi connectivity index (χ1v) is 24.5. The normalized spacial score (nSPS) is 11.9. The minimum atomic E-state index is 1.23. The molecule has 70 heavy (non-hydrogen) atoms. The average molecular weight is 887 g/mol. The van der Waals surface area contributed by atoms with E-state index in [4.69, 9.17) is 0 Å². The van der Waals surface area contributed by atoms with E-state index in [1.807, 2.05) is 0 Å². The molecule has 0 bridgehead atoms. The Morgan fingerprint density at radius 3 is 0.757 bits per heavy atom. The van der Waals surface area contributed by atoms with Crippen molar-refractivity contribution in [3.8, 4) is 55.6 Å². The molecule has 0 saturated heterocycles. The summed E-state index contributed by atoms with van der Waals surface area (Å²) in [5.41, 5.74) is 15.1. The Hall–Kier alpha value is -8.84. The summed E-state index contributed by atoms with van der Waals surface area (Å²) in [4.78, 5) is 0. The lowest BCUT2D eigenvalue weighted by Crippen LogP contribution is -1.94. The molecule has 0 N–H and O–H groups in total. The molecule has 0 aliphatic rings. The van der Waals surface area contributed by atoms with Gasteiger partial charge in [0.1, 0.15) is 0 Å². The van der Waals surface area contributed by atoms with Crippen LogP contribution in [-0.2, 0) is 0 Å². The molecule has 14 rings (SSSR count). The molecule has 0 heterocycles. The predicted octanol–water partition coefficient (Wildman–Crippen LogP) is 19.9. The van der Waals surface area contributed by atoms with E-state index in [0.29, 0.717) is 0 Å². The second-order valence-electron chi connectivity index (χ2n) is 19.2. The van der Waals surface area contributed by atoms with Gasteiger partial charge in [0, 0.05) is 0 Å². The van der Waals surface area contributed by atoms with Crippen molar-refractivity contribution in [2.45, 2.75) is 13.8 Å². The highest BCUT2D eigenvalue weighted by molar-refractivity contribution is 6.27. The summed E-state index contributed by atoms with van der Waals surface area (Å²) in [7, 11) is 0. The van der Waals surface area contributed by atoms with Crippen LogP contribution in [0.4, 0.5) is 0 Å². The zero-order chi connectivity index (χ0) is 46.5. The summed E-state index contributed by atoms with van der Waals surface area (Å²) in [5.74, 6) is 0. The summed E-state index contributed by atoms with van der Waals surface area (Å²) in [5, 5.41) is 20.1. The van der Waals surface area contributed by atoms with Gasteiger partial charge in [-0.1, -0.05) is 242 Å². The van der Waals surface area contributed by atoms with Crippen molar-refractivity contribution >= 4 is 86.2 Å². The second-order valence-corrected chi connectivity index (χ2v) is 19.2. The Bertz CT molecular complexity index is 4090. The maximum absolute atomic E-state index is 2.39. The molecule has 0 heteroatoms. The van der Waals surface area contributed by atoms with E-state index in [2.05, 4.69) is 257 Å². The number of rotatable bonds is 5. The monoisotopic (exact) mass is 886 g/mol. The van der Waals surface area contributed by atoms with Gasteiger partial charge in [-0.3, -0.25) is 0 Å². The molecule has 0 spiro atoms. The van der Waals surface area contributed by atoms with Gasteiger partial charge in [0.05, 0.1) is 0 Å². The topological polar surface area (TPSA) is 0 Å². The van der Waals surface area contributed by atoms with Crippen molar-refractivity contribution in [1.29, 1.82) is 0 Å². The quantitative estimate of drug-likeness (QED) is 0.151. The highest BCUT2D eigenvalue weighted by Gasteiger charge is 2.22. The van der Waals surface area contributed by atoms with Crippen LogP contribution in [-0.4, -0.2) is 0 Å². The lowest BCUT2D eigenvalue weighted by atomic mass is 9.82. The first-order chi connectivity index (χ1) is 34.6. The maximum Gasteiger partial charge on any atom is -0.00201 e. The van der Waals surface area contributed by atoms with Crippen LogP contribution in [0.25, 0.3) is 142 Å². The number of aryl methyl sites for hydroxylation is 2.